The van der Waals surface area contributed by atoms with Gasteiger partial charge in [0.15, 0.2) is 8.68 Å². The van der Waals surface area contributed by atoms with Crippen LogP contribution in [0.1, 0.15) is 19.0 Å². The minimum Gasteiger partial charge on any atom is -0.377 e. The smallest absolute Gasteiger partial charge is 0.254 e. The van der Waals surface area contributed by atoms with Crippen molar-refractivity contribution in [2.45, 2.75) is 30.6 Å². The molecule has 0 aliphatic carbocycles. The molecular weight excluding hydrogens is 296 g/mol. The van der Waals surface area contributed by atoms with Crippen LogP contribution in [0.5, 0.6) is 0 Å². The fraction of sp³-hybridized carbons (Fsp3) is 0.700. The van der Waals surface area contributed by atoms with E-state index in [-0.39, 0.29) is 14.8 Å². The van der Waals surface area contributed by atoms with Gasteiger partial charge in [0.1, 0.15) is 0 Å². The highest BCUT2D eigenvalue weighted by molar-refractivity contribution is 7.91. The van der Waals surface area contributed by atoms with E-state index in [1.807, 2.05) is 6.92 Å². The van der Waals surface area contributed by atoms with Gasteiger partial charge in [-0.15, -0.1) is 0 Å². The van der Waals surface area contributed by atoms with Gasteiger partial charge in [-0.2, -0.15) is 4.31 Å². The van der Waals surface area contributed by atoms with Crippen molar-refractivity contribution in [2.24, 2.45) is 0 Å². The highest BCUT2D eigenvalue weighted by Crippen LogP contribution is 2.30. The maximum absolute atomic E-state index is 12.5. The Morgan fingerprint density at radius 3 is 2.89 bits per heavy atom. The lowest BCUT2D eigenvalue weighted by atomic mass is 10.4. The molecule has 1 fully saturated rings. The van der Waals surface area contributed by atoms with Crippen molar-refractivity contribution in [1.29, 1.82) is 0 Å². The molecule has 1 aromatic rings. The first-order valence-corrected chi connectivity index (χ1v) is 8.29. The molecule has 0 radical (unpaired) electrons. The quantitative estimate of drug-likeness (QED) is 0.837. The average molecular weight is 311 g/mol. The minimum atomic E-state index is -3.50. The summed E-state index contributed by atoms with van der Waals surface area (Å²) < 4.78 is 32.4. The van der Waals surface area contributed by atoms with Crippen LogP contribution in [0.2, 0.25) is 4.47 Å². The predicted molar refractivity (Wildman–Crippen MR) is 70.7 cm³/mol. The number of hydrogen-bond acceptors (Lipinski definition) is 5. The first-order chi connectivity index (χ1) is 8.41. The van der Waals surface area contributed by atoms with Gasteiger partial charge in [0.05, 0.1) is 11.8 Å². The zero-order valence-corrected chi connectivity index (χ0v) is 12.6. The summed E-state index contributed by atoms with van der Waals surface area (Å²) in [5, 5.41) is 0. The molecule has 102 valence electrons. The molecule has 1 saturated heterocycles. The molecule has 1 aromatic heterocycles. The molecule has 2 heterocycles. The van der Waals surface area contributed by atoms with Crippen LogP contribution in [-0.4, -0.2) is 43.5 Å². The average Bonchev–Trinajstić information content (AvgIpc) is 2.50. The van der Waals surface area contributed by atoms with Crippen LogP contribution >= 0.6 is 22.9 Å². The second-order valence-electron chi connectivity index (χ2n) is 4.24. The van der Waals surface area contributed by atoms with Gasteiger partial charge < -0.3 is 4.74 Å². The molecule has 1 aliphatic rings. The van der Waals surface area contributed by atoms with E-state index in [1.54, 1.807) is 6.92 Å². The van der Waals surface area contributed by atoms with E-state index in [0.29, 0.717) is 31.8 Å². The van der Waals surface area contributed by atoms with E-state index in [4.69, 9.17) is 16.3 Å². The van der Waals surface area contributed by atoms with Crippen molar-refractivity contribution in [3.63, 3.8) is 0 Å². The summed E-state index contributed by atoms with van der Waals surface area (Å²) in [6.45, 7) is 4.97. The molecule has 5 nitrogen and oxygen atoms in total. The Morgan fingerprint density at radius 2 is 2.28 bits per heavy atom. The number of thiazole rings is 1. The second kappa shape index (κ2) is 5.42. The standard InChI is InChI=1S/C10H15ClN2O3S2/c1-7-6-13(4-3-5-16-7)18(14,15)9-8(2)12-10(11)17-9/h7H,3-6H2,1-2H3. The Bertz CT molecular complexity index is 529. The molecular formula is C10H15ClN2O3S2. The Morgan fingerprint density at radius 1 is 1.56 bits per heavy atom. The highest BCUT2D eigenvalue weighted by atomic mass is 35.5. The molecule has 0 aromatic carbocycles. The molecule has 2 rings (SSSR count). The monoisotopic (exact) mass is 310 g/mol. The van der Waals surface area contributed by atoms with Gasteiger partial charge in [-0.05, 0) is 20.3 Å². The lowest BCUT2D eigenvalue weighted by Crippen LogP contribution is -2.35. The Balaban J connectivity index is 2.32. The highest BCUT2D eigenvalue weighted by Gasteiger charge is 2.31. The van der Waals surface area contributed by atoms with E-state index in [1.165, 1.54) is 4.31 Å². The van der Waals surface area contributed by atoms with E-state index >= 15 is 0 Å². The minimum absolute atomic E-state index is 0.0917. The van der Waals surface area contributed by atoms with Gasteiger partial charge in [0.25, 0.3) is 10.0 Å². The molecule has 18 heavy (non-hydrogen) atoms. The molecule has 0 bridgehead atoms. The Labute approximate surface area is 116 Å². The van der Waals surface area contributed by atoms with E-state index < -0.39 is 10.0 Å². The number of rotatable bonds is 2. The summed E-state index contributed by atoms with van der Waals surface area (Å²) in [5.74, 6) is 0. The largest absolute Gasteiger partial charge is 0.377 e. The Kier molecular flexibility index (Phi) is 4.28. The summed E-state index contributed by atoms with van der Waals surface area (Å²) in [5.41, 5.74) is 0.461. The molecule has 0 amide bonds. The third-order valence-corrected chi connectivity index (χ3v) is 6.43. The van der Waals surface area contributed by atoms with Crippen molar-refractivity contribution in [1.82, 2.24) is 9.29 Å². The SMILES string of the molecule is Cc1nc(Cl)sc1S(=O)(=O)N1CCCOC(C)C1. The van der Waals surface area contributed by atoms with Crippen LogP contribution in [-0.2, 0) is 14.8 Å². The third kappa shape index (κ3) is 2.85. The number of sulfonamides is 1. The van der Waals surface area contributed by atoms with Gasteiger partial charge in [-0.3, -0.25) is 0 Å². The molecule has 0 N–H and O–H groups in total. The normalized spacial score (nSPS) is 22.9. The zero-order chi connectivity index (χ0) is 13.3. The first kappa shape index (κ1) is 14.2. The van der Waals surface area contributed by atoms with E-state index in [2.05, 4.69) is 4.98 Å². The summed E-state index contributed by atoms with van der Waals surface area (Å²) in [6, 6.07) is 0. The van der Waals surface area contributed by atoms with E-state index in [0.717, 1.165) is 11.3 Å². The summed E-state index contributed by atoms with van der Waals surface area (Å²) in [4.78, 5) is 3.96. The summed E-state index contributed by atoms with van der Waals surface area (Å²) in [6.07, 6.45) is 0.612. The van der Waals surface area contributed by atoms with Gasteiger partial charge in [0, 0.05) is 19.7 Å². The van der Waals surface area contributed by atoms with E-state index in [9.17, 15) is 8.42 Å². The second-order valence-corrected chi connectivity index (χ2v) is 7.95. The third-order valence-electron chi connectivity index (χ3n) is 2.72. The van der Waals surface area contributed by atoms with Crippen molar-refractivity contribution < 1.29 is 13.2 Å². The van der Waals surface area contributed by atoms with Gasteiger partial charge in [-0.25, -0.2) is 13.4 Å². The summed E-state index contributed by atoms with van der Waals surface area (Å²) in [7, 11) is -3.50. The van der Waals surface area contributed by atoms with Crippen LogP contribution in [0.4, 0.5) is 0 Å². The number of aromatic nitrogens is 1. The number of hydrogen-bond donors (Lipinski definition) is 0. The topological polar surface area (TPSA) is 59.5 Å². The van der Waals surface area contributed by atoms with Gasteiger partial charge in [0.2, 0.25) is 0 Å². The van der Waals surface area contributed by atoms with Crippen LogP contribution < -0.4 is 0 Å². The van der Waals surface area contributed by atoms with Crippen molar-refractivity contribution >= 4 is 33.0 Å². The van der Waals surface area contributed by atoms with Crippen LogP contribution in [0.3, 0.4) is 0 Å². The van der Waals surface area contributed by atoms with Crippen molar-refractivity contribution in [3.8, 4) is 0 Å². The fourth-order valence-corrected chi connectivity index (χ4v) is 5.31. The zero-order valence-electron chi connectivity index (χ0n) is 10.2. The molecule has 0 spiro atoms. The molecule has 1 atom stereocenters. The van der Waals surface area contributed by atoms with Gasteiger partial charge >= 0.3 is 0 Å². The lowest BCUT2D eigenvalue weighted by Gasteiger charge is -2.20. The molecule has 8 heteroatoms. The maximum Gasteiger partial charge on any atom is 0.254 e. The van der Waals surface area contributed by atoms with Gasteiger partial charge in [-0.1, -0.05) is 22.9 Å². The van der Waals surface area contributed by atoms with Crippen molar-refractivity contribution in [2.75, 3.05) is 19.7 Å². The molecule has 1 unspecified atom stereocenters. The van der Waals surface area contributed by atoms with Crippen LogP contribution in [0.25, 0.3) is 0 Å². The first-order valence-electron chi connectivity index (χ1n) is 5.66. The van der Waals surface area contributed by atoms with Crippen LogP contribution in [0, 0.1) is 6.92 Å². The number of nitrogens with zero attached hydrogens (tertiary/aromatic N) is 2. The lowest BCUT2D eigenvalue weighted by molar-refractivity contribution is 0.0752. The fourth-order valence-electron chi connectivity index (χ4n) is 1.88. The van der Waals surface area contributed by atoms with Crippen molar-refractivity contribution in [3.05, 3.63) is 10.2 Å². The summed E-state index contributed by atoms with van der Waals surface area (Å²) >= 11 is 6.78. The Hall–Kier alpha value is -0.210. The molecule has 0 saturated carbocycles. The van der Waals surface area contributed by atoms with Crippen LogP contribution in [0.15, 0.2) is 4.21 Å². The predicted octanol–water partition coefficient (Wildman–Crippen LogP) is 1.90. The number of halogens is 1. The molecule has 1 aliphatic heterocycles. The number of aryl methyl sites for hydroxylation is 1. The number of ether oxygens (including phenoxy) is 1. The maximum atomic E-state index is 12.5.